The fourth-order valence-corrected chi connectivity index (χ4v) is 2.81. The molecule has 3 aromatic carbocycles. The molecule has 0 aliphatic carbocycles. The minimum Gasteiger partial charge on any atom is -0.493 e. The number of carbonyl (C=O) groups is 1. The molecule has 0 spiro atoms. The van der Waals surface area contributed by atoms with E-state index in [0.717, 1.165) is 16.9 Å². The Morgan fingerprint density at radius 3 is 2.14 bits per heavy atom. The van der Waals surface area contributed by atoms with Crippen LogP contribution < -0.4 is 18.9 Å². The predicted octanol–water partition coefficient (Wildman–Crippen LogP) is 4.82. The molecule has 0 aromatic heterocycles. The number of hydrogen-bond donors (Lipinski definition) is 0. The summed E-state index contributed by atoms with van der Waals surface area (Å²) < 4.78 is 21.6. The molecule has 0 radical (unpaired) electrons. The molecule has 150 valence electrons. The number of rotatable bonds is 9. The summed E-state index contributed by atoms with van der Waals surface area (Å²) in [6.45, 7) is 0.491. The van der Waals surface area contributed by atoms with E-state index in [9.17, 15) is 4.79 Å². The normalized spacial score (nSPS) is 10.3. The Hall–Kier alpha value is -3.47. The van der Waals surface area contributed by atoms with Crippen LogP contribution in [0.15, 0.2) is 72.8 Å². The van der Waals surface area contributed by atoms with Gasteiger partial charge < -0.3 is 18.9 Å². The fourth-order valence-electron chi connectivity index (χ4n) is 2.81. The molecule has 5 heteroatoms. The second-order valence-electron chi connectivity index (χ2n) is 6.41. The number of aryl methyl sites for hydroxylation is 1. The van der Waals surface area contributed by atoms with Gasteiger partial charge >= 0.3 is 5.97 Å². The summed E-state index contributed by atoms with van der Waals surface area (Å²) in [5, 5.41) is 0. The van der Waals surface area contributed by atoms with Crippen molar-refractivity contribution >= 4 is 5.97 Å². The Bertz CT molecular complexity index is 920. The molecule has 3 rings (SSSR count). The Kier molecular flexibility index (Phi) is 7.11. The van der Waals surface area contributed by atoms with Crippen LogP contribution in [0.4, 0.5) is 0 Å². The van der Waals surface area contributed by atoms with E-state index in [1.807, 2.05) is 48.5 Å². The fraction of sp³-hybridized carbons (Fsp3) is 0.208. The largest absolute Gasteiger partial charge is 0.493 e. The highest BCUT2D eigenvalue weighted by Crippen LogP contribution is 2.28. The van der Waals surface area contributed by atoms with E-state index < -0.39 is 0 Å². The van der Waals surface area contributed by atoms with Crippen molar-refractivity contribution in [2.24, 2.45) is 0 Å². The lowest BCUT2D eigenvalue weighted by atomic mass is 10.1. The lowest BCUT2D eigenvalue weighted by Crippen LogP contribution is -2.09. The Morgan fingerprint density at radius 1 is 0.759 bits per heavy atom. The van der Waals surface area contributed by atoms with Crippen LogP contribution in [-0.2, 0) is 17.8 Å². The molecule has 0 amide bonds. The second kappa shape index (κ2) is 10.2. The minimum atomic E-state index is -0.294. The molecular formula is C24H24O5. The van der Waals surface area contributed by atoms with Crippen LogP contribution in [0.1, 0.15) is 17.5 Å². The van der Waals surface area contributed by atoms with Gasteiger partial charge in [0.15, 0.2) is 11.5 Å². The van der Waals surface area contributed by atoms with Gasteiger partial charge in [-0.15, -0.1) is 0 Å². The van der Waals surface area contributed by atoms with Crippen LogP contribution in [-0.4, -0.2) is 20.2 Å². The molecule has 3 aromatic rings. The van der Waals surface area contributed by atoms with Gasteiger partial charge in [-0.25, -0.2) is 0 Å². The molecule has 0 atom stereocenters. The molecule has 0 bridgehead atoms. The van der Waals surface area contributed by atoms with E-state index in [0.29, 0.717) is 30.3 Å². The lowest BCUT2D eigenvalue weighted by molar-refractivity contribution is -0.134. The van der Waals surface area contributed by atoms with Gasteiger partial charge in [0.2, 0.25) is 0 Å². The van der Waals surface area contributed by atoms with Gasteiger partial charge in [-0.2, -0.15) is 0 Å². The van der Waals surface area contributed by atoms with Crippen molar-refractivity contribution in [2.45, 2.75) is 19.4 Å². The van der Waals surface area contributed by atoms with Gasteiger partial charge in [-0.1, -0.05) is 36.4 Å². The number of carbonyl (C=O) groups excluding carboxylic acids is 1. The van der Waals surface area contributed by atoms with Gasteiger partial charge in [0, 0.05) is 6.42 Å². The van der Waals surface area contributed by atoms with Crippen molar-refractivity contribution in [2.75, 3.05) is 14.2 Å². The molecule has 0 unspecified atom stereocenters. The molecule has 0 saturated carbocycles. The maximum Gasteiger partial charge on any atom is 0.311 e. The van der Waals surface area contributed by atoms with Crippen LogP contribution >= 0.6 is 0 Å². The number of hydrogen-bond acceptors (Lipinski definition) is 5. The first-order valence-corrected chi connectivity index (χ1v) is 9.36. The van der Waals surface area contributed by atoms with E-state index in [1.165, 1.54) is 0 Å². The molecule has 0 aliphatic heterocycles. The molecule has 0 fully saturated rings. The molecule has 0 N–H and O–H groups in total. The van der Waals surface area contributed by atoms with Crippen LogP contribution in [0.2, 0.25) is 0 Å². The summed E-state index contributed by atoms with van der Waals surface area (Å²) in [5.74, 6) is 2.23. The second-order valence-corrected chi connectivity index (χ2v) is 6.41. The van der Waals surface area contributed by atoms with Gasteiger partial charge in [0.1, 0.15) is 18.1 Å². The number of benzene rings is 3. The zero-order valence-corrected chi connectivity index (χ0v) is 16.6. The minimum absolute atomic E-state index is 0.266. The van der Waals surface area contributed by atoms with Crippen molar-refractivity contribution in [3.05, 3.63) is 83.9 Å². The third kappa shape index (κ3) is 6.01. The number of ether oxygens (including phenoxy) is 4. The highest BCUT2D eigenvalue weighted by molar-refractivity contribution is 5.72. The Labute approximate surface area is 170 Å². The summed E-state index contributed by atoms with van der Waals surface area (Å²) in [5.41, 5.74) is 2.07. The first-order chi connectivity index (χ1) is 14.2. The molecule has 0 saturated heterocycles. The first-order valence-electron chi connectivity index (χ1n) is 9.36. The maximum absolute atomic E-state index is 12.1. The highest BCUT2D eigenvalue weighted by atomic mass is 16.5. The van der Waals surface area contributed by atoms with Crippen LogP contribution in [0, 0.1) is 0 Å². The monoisotopic (exact) mass is 392 g/mol. The molecule has 5 nitrogen and oxygen atoms in total. The smallest absolute Gasteiger partial charge is 0.311 e. The van der Waals surface area contributed by atoms with Crippen molar-refractivity contribution in [3.8, 4) is 23.0 Å². The third-order valence-electron chi connectivity index (χ3n) is 4.37. The molecule has 0 aliphatic rings. The highest BCUT2D eigenvalue weighted by Gasteiger charge is 2.09. The van der Waals surface area contributed by atoms with E-state index in [1.54, 1.807) is 38.5 Å². The summed E-state index contributed by atoms with van der Waals surface area (Å²) in [4.78, 5) is 12.1. The Morgan fingerprint density at radius 2 is 1.45 bits per heavy atom. The zero-order valence-electron chi connectivity index (χ0n) is 16.6. The molecule has 0 heterocycles. The van der Waals surface area contributed by atoms with Gasteiger partial charge in [0.05, 0.1) is 14.2 Å². The van der Waals surface area contributed by atoms with Gasteiger partial charge in [0.25, 0.3) is 0 Å². The maximum atomic E-state index is 12.1. The standard InChI is InChI=1S/C24H24O5/c1-26-22-14-8-18(16-23(22)27-2)9-15-24(25)29-21-12-10-20(11-13-21)28-17-19-6-4-3-5-7-19/h3-8,10-14,16H,9,15,17H2,1-2H3. The number of esters is 1. The van der Waals surface area contributed by atoms with Crippen molar-refractivity contribution in [1.29, 1.82) is 0 Å². The van der Waals surface area contributed by atoms with Crippen LogP contribution in [0.25, 0.3) is 0 Å². The third-order valence-corrected chi connectivity index (χ3v) is 4.37. The summed E-state index contributed by atoms with van der Waals surface area (Å²) in [6.07, 6.45) is 0.819. The van der Waals surface area contributed by atoms with E-state index in [-0.39, 0.29) is 12.4 Å². The summed E-state index contributed by atoms with van der Waals surface area (Å²) >= 11 is 0. The lowest BCUT2D eigenvalue weighted by Gasteiger charge is -2.10. The average Bonchev–Trinajstić information content (AvgIpc) is 2.77. The zero-order chi connectivity index (χ0) is 20.5. The topological polar surface area (TPSA) is 54.0 Å². The van der Waals surface area contributed by atoms with Gasteiger partial charge in [-0.05, 0) is 53.9 Å². The quantitative estimate of drug-likeness (QED) is 0.386. The van der Waals surface area contributed by atoms with E-state index >= 15 is 0 Å². The SMILES string of the molecule is COc1ccc(CCC(=O)Oc2ccc(OCc3ccccc3)cc2)cc1OC. The van der Waals surface area contributed by atoms with Crippen molar-refractivity contribution < 1.29 is 23.7 Å². The first kappa shape index (κ1) is 20.3. The van der Waals surface area contributed by atoms with E-state index in [4.69, 9.17) is 18.9 Å². The average molecular weight is 392 g/mol. The van der Waals surface area contributed by atoms with Crippen molar-refractivity contribution in [3.63, 3.8) is 0 Å². The van der Waals surface area contributed by atoms with Crippen LogP contribution in [0.3, 0.4) is 0 Å². The van der Waals surface area contributed by atoms with Crippen molar-refractivity contribution in [1.82, 2.24) is 0 Å². The van der Waals surface area contributed by atoms with E-state index in [2.05, 4.69) is 0 Å². The van der Waals surface area contributed by atoms with Crippen LogP contribution in [0.5, 0.6) is 23.0 Å². The number of methoxy groups -OCH3 is 2. The summed E-state index contributed by atoms with van der Waals surface area (Å²) in [7, 11) is 3.18. The molecular weight excluding hydrogens is 368 g/mol. The van der Waals surface area contributed by atoms with Gasteiger partial charge in [-0.3, -0.25) is 4.79 Å². The summed E-state index contributed by atoms with van der Waals surface area (Å²) in [6, 6.07) is 22.6. The molecule has 29 heavy (non-hydrogen) atoms. The Balaban J connectivity index is 1.48. The predicted molar refractivity (Wildman–Crippen MR) is 111 cm³/mol.